The first kappa shape index (κ1) is 18.1. The Morgan fingerprint density at radius 1 is 1.04 bits per heavy atom. The highest BCUT2D eigenvalue weighted by Crippen LogP contribution is 2.24. The lowest BCUT2D eigenvalue weighted by molar-refractivity contribution is 1.29. The van der Waals surface area contributed by atoms with Crippen LogP contribution in [0.5, 0.6) is 0 Å². The molecule has 0 aliphatic carbocycles. The number of hydrogen-bond donors (Lipinski definition) is 1. The number of hydrazone groups is 1. The molecule has 0 saturated heterocycles. The normalized spacial score (nSPS) is 11.2. The van der Waals surface area contributed by atoms with E-state index in [4.69, 9.17) is 0 Å². The van der Waals surface area contributed by atoms with Gasteiger partial charge < -0.3 is 0 Å². The first-order valence-electron chi connectivity index (χ1n) is 8.43. The van der Waals surface area contributed by atoms with E-state index in [2.05, 4.69) is 58.7 Å². The van der Waals surface area contributed by atoms with Crippen molar-refractivity contribution in [3.63, 3.8) is 0 Å². The zero-order valence-corrected chi connectivity index (χ0v) is 17.0. The molecule has 1 N–H and O–H groups in total. The third-order valence-corrected chi connectivity index (χ3v) is 5.06. The van der Waals surface area contributed by atoms with Crippen molar-refractivity contribution in [3.8, 4) is 22.7 Å². The average molecular weight is 376 g/mol. The topological polar surface area (TPSA) is 37.3 Å². The van der Waals surface area contributed by atoms with Crippen LogP contribution in [0.1, 0.15) is 11.1 Å². The highest BCUT2D eigenvalue weighted by atomic mass is 32.1. The maximum Gasteiger partial charge on any atom is 0.203 e. The summed E-state index contributed by atoms with van der Waals surface area (Å²) in [4.78, 5) is 4.55. The number of thiazole rings is 1. The molecule has 0 atom stereocenters. The van der Waals surface area contributed by atoms with Crippen LogP contribution in [0.3, 0.4) is 0 Å². The van der Waals surface area contributed by atoms with Crippen LogP contribution in [0.2, 0.25) is 19.6 Å². The van der Waals surface area contributed by atoms with E-state index in [0.717, 1.165) is 27.5 Å². The Morgan fingerprint density at radius 2 is 1.77 bits per heavy atom. The molecular formula is C21H21N3SSi. The van der Waals surface area contributed by atoms with Crippen molar-refractivity contribution < 1.29 is 0 Å². The Morgan fingerprint density at radius 3 is 2.46 bits per heavy atom. The van der Waals surface area contributed by atoms with Crippen LogP contribution in [0, 0.1) is 11.5 Å². The van der Waals surface area contributed by atoms with E-state index in [-0.39, 0.29) is 0 Å². The van der Waals surface area contributed by atoms with Crippen molar-refractivity contribution in [1.29, 1.82) is 0 Å². The molecule has 3 rings (SSSR count). The molecule has 3 aromatic rings. The summed E-state index contributed by atoms with van der Waals surface area (Å²) in [7, 11) is -1.34. The van der Waals surface area contributed by atoms with Crippen LogP contribution >= 0.6 is 11.3 Å². The number of rotatable bonds is 4. The molecule has 5 heteroatoms. The van der Waals surface area contributed by atoms with Crippen molar-refractivity contribution in [1.82, 2.24) is 4.98 Å². The van der Waals surface area contributed by atoms with E-state index in [1.807, 2.05) is 47.8 Å². The van der Waals surface area contributed by atoms with Crippen LogP contribution in [0.15, 0.2) is 65.1 Å². The third-order valence-electron chi connectivity index (χ3n) is 3.44. The standard InChI is InChI=1S/C21H21N3SSi/c1-26(2,3)14-13-17-9-11-18(12-10-17)15-22-24-21-23-20(16-25-21)19-7-5-4-6-8-19/h4-12,15-16H,1-3H3,(H,23,24). The molecule has 0 unspecified atom stereocenters. The summed E-state index contributed by atoms with van der Waals surface area (Å²) in [6.45, 7) is 6.73. The van der Waals surface area contributed by atoms with Crippen LogP contribution < -0.4 is 5.43 Å². The summed E-state index contributed by atoms with van der Waals surface area (Å²) in [5.41, 5.74) is 10.5. The Bertz CT molecular complexity index is 943. The molecule has 0 aliphatic rings. The van der Waals surface area contributed by atoms with Gasteiger partial charge in [0, 0.05) is 16.5 Å². The van der Waals surface area contributed by atoms with Crippen molar-refractivity contribution in [3.05, 3.63) is 71.1 Å². The van der Waals surface area contributed by atoms with E-state index < -0.39 is 8.07 Å². The van der Waals surface area contributed by atoms with E-state index in [1.54, 1.807) is 17.6 Å². The second kappa shape index (κ2) is 8.13. The fourth-order valence-electron chi connectivity index (χ4n) is 2.14. The van der Waals surface area contributed by atoms with E-state index in [9.17, 15) is 0 Å². The number of nitrogens with zero attached hydrogens (tertiary/aromatic N) is 2. The zero-order valence-electron chi connectivity index (χ0n) is 15.2. The molecule has 1 aromatic heterocycles. The number of aromatic nitrogens is 1. The van der Waals surface area contributed by atoms with Crippen LogP contribution in [-0.4, -0.2) is 19.3 Å². The quantitative estimate of drug-likeness (QED) is 0.283. The van der Waals surface area contributed by atoms with Crippen LogP contribution in [-0.2, 0) is 0 Å². The van der Waals surface area contributed by atoms with Gasteiger partial charge in [0.25, 0.3) is 0 Å². The molecule has 1 heterocycles. The lowest BCUT2D eigenvalue weighted by atomic mass is 10.1. The van der Waals surface area contributed by atoms with Gasteiger partial charge in [-0.15, -0.1) is 16.9 Å². The van der Waals surface area contributed by atoms with Gasteiger partial charge in [-0.3, -0.25) is 5.43 Å². The van der Waals surface area contributed by atoms with Gasteiger partial charge in [-0.05, 0) is 17.7 Å². The van der Waals surface area contributed by atoms with Gasteiger partial charge in [0.1, 0.15) is 8.07 Å². The Hall–Kier alpha value is -2.68. The highest BCUT2D eigenvalue weighted by Gasteiger charge is 2.07. The summed E-state index contributed by atoms with van der Waals surface area (Å²) in [5.74, 6) is 3.26. The van der Waals surface area contributed by atoms with E-state index in [0.29, 0.717) is 0 Å². The monoisotopic (exact) mass is 375 g/mol. The summed E-state index contributed by atoms with van der Waals surface area (Å²) >= 11 is 1.54. The fourth-order valence-corrected chi connectivity index (χ4v) is 3.33. The Kier molecular flexibility index (Phi) is 5.67. The van der Waals surface area contributed by atoms with E-state index >= 15 is 0 Å². The summed E-state index contributed by atoms with van der Waals surface area (Å²) in [5, 5.41) is 7.08. The molecule has 0 amide bonds. The summed E-state index contributed by atoms with van der Waals surface area (Å²) in [6, 6.07) is 18.2. The zero-order chi connectivity index (χ0) is 18.4. The lowest BCUT2D eigenvalue weighted by Gasteiger charge is -2.03. The van der Waals surface area contributed by atoms with Crippen LogP contribution in [0.4, 0.5) is 5.13 Å². The van der Waals surface area contributed by atoms with Crippen molar-refractivity contribution in [2.45, 2.75) is 19.6 Å². The average Bonchev–Trinajstić information content (AvgIpc) is 3.10. The molecule has 0 fully saturated rings. The fraction of sp³-hybridized carbons (Fsp3) is 0.143. The van der Waals surface area contributed by atoms with Crippen LogP contribution in [0.25, 0.3) is 11.3 Å². The highest BCUT2D eigenvalue weighted by molar-refractivity contribution is 7.14. The van der Waals surface area contributed by atoms with Crippen molar-refractivity contribution in [2.75, 3.05) is 5.43 Å². The first-order valence-corrected chi connectivity index (χ1v) is 12.8. The van der Waals surface area contributed by atoms with Gasteiger partial charge in [-0.2, -0.15) is 5.10 Å². The molecule has 0 bridgehead atoms. The maximum absolute atomic E-state index is 4.55. The van der Waals surface area contributed by atoms with Gasteiger partial charge in [0.2, 0.25) is 5.13 Å². The molecule has 3 nitrogen and oxygen atoms in total. The summed E-state index contributed by atoms with van der Waals surface area (Å²) < 4.78 is 0. The minimum absolute atomic E-state index is 0.776. The second-order valence-corrected chi connectivity index (χ2v) is 12.5. The Balaban J connectivity index is 1.60. The molecule has 26 heavy (non-hydrogen) atoms. The first-order chi connectivity index (χ1) is 12.5. The van der Waals surface area contributed by atoms with Gasteiger partial charge in [0.05, 0.1) is 11.9 Å². The Labute approximate surface area is 159 Å². The minimum Gasteiger partial charge on any atom is -0.253 e. The largest absolute Gasteiger partial charge is 0.253 e. The SMILES string of the molecule is C[Si](C)(C)C#Cc1ccc(C=NNc2nc(-c3ccccc3)cs2)cc1. The molecule has 2 aromatic carbocycles. The smallest absolute Gasteiger partial charge is 0.203 e. The number of anilines is 1. The van der Waals surface area contributed by atoms with Gasteiger partial charge in [-0.1, -0.05) is 68.0 Å². The number of nitrogens with one attached hydrogen (secondary N) is 1. The van der Waals surface area contributed by atoms with Crippen molar-refractivity contribution in [2.24, 2.45) is 5.10 Å². The molecule has 130 valence electrons. The van der Waals surface area contributed by atoms with Crippen molar-refractivity contribution >= 4 is 30.8 Å². The molecular weight excluding hydrogens is 354 g/mol. The second-order valence-electron chi connectivity index (χ2n) is 6.90. The minimum atomic E-state index is -1.34. The number of benzene rings is 2. The maximum atomic E-state index is 4.55. The molecule has 0 spiro atoms. The molecule has 0 aliphatic heterocycles. The summed E-state index contributed by atoms with van der Waals surface area (Å²) in [6.07, 6.45) is 1.79. The predicted octanol–water partition coefficient (Wildman–Crippen LogP) is 5.49. The van der Waals surface area contributed by atoms with Gasteiger partial charge >= 0.3 is 0 Å². The van der Waals surface area contributed by atoms with Gasteiger partial charge in [-0.25, -0.2) is 4.98 Å². The lowest BCUT2D eigenvalue weighted by Crippen LogP contribution is -2.16. The number of hydrogen-bond acceptors (Lipinski definition) is 4. The predicted molar refractivity (Wildman–Crippen MR) is 115 cm³/mol. The molecule has 0 radical (unpaired) electrons. The van der Waals surface area contributed by atoms with Gasteiger partial charge in [0.15, 0.2) is 0 Å². The van der Waals surface area contributed by atoms with E-state index in [1.165, 1.54) is 0 Å². The third kappa shape index (κ3) is 5.41. The molecule has 0 saturated carbocycles.